The Bertz CT molecular complexity index is 561. The SMILES string of the molecule is CCCCCCCOc1ccccc1NC(=O)OC(COC)N1CCCCC1. The molecule has 0 spiro atoms. The van der Waals surface area contributed by atoms with Crippen LogP contribution >= 0.6 is 0 Å². The summed E-state index contributed by atoms with van der Waals surface area (Å²) < 4.78 is 16.8. The number of rotatable bonds is 12. The van der Waals surface area contributed by atoms with E-state index in [1.807, 2.05) is 24.3 Å². The van der Waals surface area contributed by atoms with Crippen LogP contribution < -0.4 is 10.1 Å². The number of amides is 1. The molecule has 1 aliphatic heterocycles. The molecule has 6 heteroatoms. The van der Waals surface area contributed by atoms with Gasteiger partial charge in [0, 0.05) is 20.2 Å². The van der Waals surface area contributed by atoms with E-state index in [4.69, 9.17) is 14.2 Å². The van der Waals surface area contributed by atoms with Gasteiger partial charge in [-0.2, -0.15) is 0 Å². The van der Waals surface area contributed by atoms with Gasteiger partial charge in [0.1, 0.15) is 5.75 Å². The van der Waals surface area contributed by atoms with E-state index in [1.165, 1.54) is 32.1 Å². The van der Waals surface area contributed by atoms with Gasteiger partial charge in [-0.15, -0.1) is 0 Å². The van der Waals surface area contributed by atoms with Crippen molar-refractivity contribution in [3.63, 3.8) is 0 Å². The van der Waals surface area contributed by atoms with Gasteiger partial charge in [0.05, 0.1) is 18.9 Å². The predicted octanol–water partition coefficient (Wildman–Crippen LogP) is 5.04. The van der Waals surface area contributed by atoms with Crippen LogP contribution in [0.1, 0.15) is 58.3 Å². The van der Waals surface area contributed by atoms with Gasteiger partial charge >= 0.3 is 6.09 Å². The molecule has 1 heterocycles. The van der Waals surface area contributed by atoms with Crippen LogP contribution in [-0.4, -0.2) is 50.6 Å². The third kappa shape index (κ3) is 8.07. The van der Waals surface area contributed by atoms with E-state index in [-0.39, 0.29) is 6.23 Å². The van der Waals surface area contributed by atoms with Crippen molar-refractivity contribution in [3.8, 4) is 5.75 Å². The third-order valence-electron chi connectivity index (χ3n) is 4.98. The first-order chi connectivity index (χ1) is 13.7. The van der Waals surface area contributed by atoms with Crippen molar-refractivity contribution >= 4 is 11.8 Å². The maximum atomic E-state index is 12.5. The molecule has 0 aromatic heterocycles. The molecule has 1 saturated heterocycles. The number of hydrogen-bond acceptors (Lipinski definition) is 5. The number of benzene rings is 1. The number of nitrogens with zero attached hydrogens (tertiary/aromatic N) is 1. The predicted molar refractivity (Wildman–Crippen MR) is 112 cm³/mol. The first-order valence-corrected chi connectivity index (χ1v) is 10.7. The first kappa shape index (κ1) is 22.5. The number of hydrogen-bond donors (Lipinski definition) is 1. The van der Waals surface area contributed by atoms with Crippen LogP contribution in [0.2, 0.25) is 0 Å². The Labute approximate surface area is 169 Å². The molecule has 0 bridgehead atoms. The van der Waals surface area contributed by atoms with Gasteiger partial charge in [0.15, 0.2) is 6.23 Å². The van der Waals surface area contributed by atoms with Crippen LogP contribution in [0.25, 0.3) is 0 Å². The zero-order chi connectivity index (χ0) is 20.0. The van der Waals surface area contributed by atoms with Gasteiger partial charge in [-0.3, -0.25) is 10.2 Å². The van der Waals surface area contributed by atoms with Gasteiger partial charge in [-0.25, -0.2) is 4.79 Å². The van der Waals surface area contributed by atoms with Gasteiger partial charge < -0.3 is 14.2 Å². The molecule has 0 saturated carbocycles. The standard InChI is InChI=1S/C22H36N2O4/c1-3-4-5-6-12-17-27-20-14-9-8-13-19(20)23-22(25)28-21(18-26-2)24-15-10-7-11-16-24/h8-9,13-14,21H,3-7,10-12,15-18H2,1-2H3,(H,23,25). The summed E-state index contributed by atoms with van der Waals surface area (Å²) in [6.07, 6.45) is 8.56. The van der Waals surface area contributed by atoms with E-state index >= 15 is 0 Å². The number of carbonyl (C=O) groups excluding carboxylic acids is 1. The molecule has 0 aliphatic carbocycles. The summed E-state index contributed by atoms with van der Waals surface area (Å²) in [4.78, 5) is 14.6. The summed E-state index contributed by atoms with van der Waals surface area (Å²) in [5.41, 5.74) is 0.635. The second-order valence-corrected chi connectivity index (χ2v) is 7.30. The number of unbranched alkanes of at least 4 members (excludes halogenated alkanes) is 4. The second kappa shape index (κ2) is 13.4. The minimum absolute atomic E-state index is 0.364. The first-order valence-electron chi connectivity index (χ1n) is 10.7. The molecule has 2 rings (SSSR count). The lowest BCUT2D eigenvalue weighted by molar-refractivity contribution is -0.0586. The van der Waals surface area contributed by atoms with Crippen molar-refractivity contribution in [1.82, 2.24) is 4.90 Å². The van der Waals surface area contributed by atoms with E-state index in [0.29, 0.717) is 24.7 Å². The molecule has 1 N–H and O–H groups in total. The summed E-state index contributed by atoms with van der Waals surface area (Å²) in [6, 6.07) is 7.49. The van der Waals surface area contributed by atoms with Crippen molar-refractivity contribution in [2.24, 2.45) is 0 Å². The highest BCUT2D eigenvalue weighted by molar-refractivity contribution is 5.86. The molecule has 1 atom stereocenters. The maximum Gasteiger partial charge on any atom is 0.413 e. The van der Waals surface area contributed by atoms with Crippen LogP contribution in [0.5, 0.6) is 5.75 Å². The molecule has 1 unspecified atom stereocenters. The number of methoxy groups -OCH3 is 1. The topological polar surface area (TPSA) is 60.0 Å². The molecule has 1 amide bonds. The number of anilines is 1. The Kier molecular flexibility index (Phi) is 10.8. The lowest BCUT2D eigenvalue weighted by atomic mass is 10.1. The normalized spacial score (nSPS) is 15.8. The molecule has 0 radical (unpaired) electrons. The number of ether oxygens (including phenoxy) is 3. The van der Waals surface area contributed by atoms with Crippen molar-refractivity contribution in [3.05, 3.63) is 24.3 Å². The summed E-state index contributed by atoms with van der Waals surface area (Å²) in [7, 11) is 1.63. The summed E-state index contributed by atoms with van der Waals surface area (Å²) in [5, 5.41) is 2.83. The fourth-order valence-corrected chi connectivity index (χ4v) is 3.41. The lowest BCUT2D eigenvalue weighted by Crippen LogP contribution is -2.45. The van der Waals surface area contributed by atoms with E-state index < -0.39 is 6.09 Å². The van der Waals surface area contributed by atoms with Gasteiger partial charge in [-0.1, -0.05) is 51.2 Å². The van der Waals surface area contributed by atoms with Crippen molar-refractivity contribution in [2.45, 2.75) is 64.5 Å². The Balaban J connectivity index is 1.84. The molecule has 28 heavy (non-hydrogen) atoms. The van der Waals surface area contributed by atoms with E-state index in [0.717, 1.165) is 32.4 Å². The van der Waals surface area contributed by atoms with Crippen LogP contribution in [0.15, 0.2) is 24.3 Å². The third-order valence-corrected chi connectivity index (χ3v) is 4.98. The molecule has 1 fully saturated rings. The highest BCUT2D eigenvalue weighted by Gasteiger charge is 2.24. The molecular weight excluding hydrogens is 356 g/mol. The van der Waals surface area contributed by atoms with Gasteiger partial charge in [-0.05, 0) is 31.4 Å². The fraction of sp³-hybridized carbons (Fsp3) is 0.682. The molecule has 1 aromatic carbocycles. The van der Waals surface area contributed by atoms with E-state index in [1.54, 1.807) is 7.11 Å². The number of piperidine rings is 1. The maximum absolute atomic E-state index is 12.5. The zero-order valence-corrected chi connectivity index (χ0v) is 17.5. The fourth-order valence-electron chi connectivity index (χ4n) is 3.41. The van der Waals surface area contributed by atoms with Crippen molar-refractivity contribution < 1.29 is 19.0 Å². The number of para-hydroxylation sites is 2. The number of carbonyl (C=O) groups is 1. The molecule has 1 aliphatic rings. The second-order valence-electron chi connectivity index (χ2n) is 7.30. The van der Waals surface area contributed by atoms with Crippen LogP contribution in [-0.2, 0) is 9.47 Å². The van der Waals surface area contributed by atoms with Crippen molar-refractivity contribution in [2.75, 3.05) is 38.7 Å². The van der Waals surface area contributed by atoms with Crippen LogP contribution in [0, 0.1) is 0 Å². The Hall–Kier alpha value is -1.79. The quantitative estimate of drug-likeness (QED) is 0.505. The Morgan fingerprint density at radius 1 is 1.11 bits per heavy atom. The molecule has 1 aromatic rings. The van der Waals surface area contributed by atoms with Crippen LogP contribution in [0.3, 0.4) is 0 Å². The summed E-state index contributed by atoms with van der Waals surface area (Å²) in [6.45, 7) is 5.08. The Morgan fingerprint density at radius 3 is 2.61 bits per heavy atom. The minimum Gasteiger partial charge on any atom is -0.491 e. The van der Waals surface area contributed by atoms with Gasteiger partial charge in [0.25, 0.3) is 0 Å². The van der Waals surface area contributed by atoms with Crippen LogP contribution in [0.4, 0.5) is 10.5 Å². The lowest BCUT2D eigenvalue weighted by Gasteiger charge is -2.33. The highest BCUT2D eigenvalue weighted by Crippen LogP contribution is 2.24. The molecule has 6 nitrogen and oxygen atoms in total. The average molecular weight is 393 g/mol. The van der Waals surface area contributed by atoms with E-state index in [9.17, 15) is 4.79 Å². The highest BCUT2D eigenvalue weighted by atomic mass is 16.6. The monoisotopic (exact) mass is 392 g/mol. The molecular formula is C22H36N2O4. The Morgan fingerprint density at radius 2 is 1.86 bits per heavy atom. The smallest absolute Gasteiger partial charge is 0.413 e. The molecule has 158 valence electrons. The average Bonchev–Trinajstić information content (AvgIpc) is 2.72. The van der Waals surface area contributed by atoms with E-state index in [2.05, 4.69) is 17.1 Å². The summed E-state index contributed by atoms with van der Waals surface area (Å²) >= 11 is 0. The number of likely N-dealkylation sites (tertiary alicyclic amines) is 1. The zero-order valence-electron chi connectivity index (χ0n) is 17.5. The minimum atomic E-state index is -0.480. The van der Waals surface area contributed by atoms with Gasteiger partial charge in [0.2, 0.25) is 0 Å². The van der Waals surface area contributed by atoms with Crippen molar-refractivity contribution in [1.29, 1.82) is 0 Å². The number of nitrogens with one attached hydrogen (secondary N) is 1. The summed E-state index contributed by atoms with van der Waals surface area (Å²) in [5.74, 6) is 0.677. The largest absolute Gasteiger partial charge is 0.491 e.